The minimum absolute atomic E-state index is 0.151. The van der Waals surface area contributed by atoms with Gasteiger partial charge in [-0.15, -0.1) is 11.3 Å². The molecule has 2 rings (SSSR count). The summed E-state index contributed by atoms with van der Waals surface area (Å²) in [7, 11) is 0. The van der Waals surface area contributed by atoms with Gasteiger partial charge in [-0.3, -0.25) is 0 Å². The van der Waals surface area contributed by atoms with E-state index in [1.165, 1.54) is 11.3 Å². The molecule has 2 aromatic heterocycles. The number of thiophene rings is 1. The molecule has 2 heterocycles. The van der Waals surface area contributed by atoms with Crippen molar-refractivity contribution in [1.82, 2.24) is 9.97 Å². The summed E-state index contributed by atoms with van der Waals surface area (Å²) in [6, 6.07) is 5.75. The van der Waals surface area contributed by atoms with Crippen LogP contribution in [0.5, 0.6) is 0 Å². The van der Waals surface area contributed by atoms with Crippen LogP contribution in [-0.4, -0.2) is 9.97 Å². The Hall–Kier alpha value is -2.11. The van der Waals surface area contributed by atoms with E-state index >= 15 is 0 Å². The van der Waals surface area contributed by atoms with E-state index in [-0.39, 0.29) is 11.4 Å². The molecule has 0 amide bonds. The van der Waals surface area contributed by atoms with E-state index in [1.54, 1.807) is 0 Å². The Morgan fingerprint density at radius 1 is 1.40 bits per heavy atom. The normalized spacial score (nSPS) is 9.53. The number of aryl methyl sites for hydroxylation is 1. The standard InChI is InChI=1S/C10H6N4S/c1-6-2-9(15-5-6)10-13-7(3-11)8(4-12)14-10/h2,5H,1H3,(H,13,14). The second kappa shape index (κ2) is 3.56. The van der Waals surface area contributed by atoms with Crippen LogP contribution in [0, 0.1) is 29.6 Å². The SMILES string of the molecule is Cc1csc(-c2nc(C#N)c(C#N)[nH]2)c1. The molecule has 4 nitrogen and oxygen atoms in total. The lowest BCUT2D eigenvalue weighted by Gasteiger charge is -1.86. The lowest BCUT2D eigenvalue weighted by atomic mass is 10.3. The zero-order valence-electron chi connectivity index (χ0n) is 7.90. The van der Waals surface area contributed by atoms with Gasteiger partial charge in [0.25, 0.3) is 0 Å². The third-order valence-electron chi connectivity index (χ3n) is 1.89. The lowest BCUT2D eigenvalue weighted by Crippen LogP contribution is -1.77. The number of imidazole rings is 1. The van der Waals surface area contributed by atoms with E-state index in [0.29, 0.717) is 5.82 Å². The van der Waals surface area contributed by atoms with Gasteiger partial charge in [0.2, 0.25) is 0 Å². The van der Waals surface area contributed by atoms with E-state index in [0.717, 1.165) is 10.4 Å². The smallest absolute Gasteiger partial charge is 0.177 e. The first-order valence-corrected chi connectivity index (χ1v) is 5.08. The van der Waals surface area contributed by atoms with Crippen molar-refractivity contribution >= 4 is 11.3 Å². The van der Waals surface area contributed by atoms with Crippen LogP contribution in [0.25, 0.3) is 10.7 Å². The summed E-state index contributed by atoms with van der Waals surface area (Å²) < 4.78 is 0. The maximum Gasteiger partial charge on any atom is 0.177 e. The number of hydrogen-bond acceptors (Lipinski definition) is 4. The van der Waals surface area contributed by atoms with E-state index in [1.807, 2.05) is 30.5 Å². The van der Waals surface area contributed by atoms with Gasteiger partial charge in [-0.05, 0) is 23.9 Å². The zero-order chi connectivity index (χ0) is 10.8. The largest absolute Gasteiger partial charge is 0.328 e. The molecular weight excluding hydrogens is 208 g/mol. The van der Waals surface area contributed by atoms with Crippen LogP contribution in [0.1, 0.15) is 17.0 Å². The molecule has 0 radical (unpaired) electrons. The third-order valence-corrected chi connectivity index (χ3v) is 2.94. The van der Waals surface area contributed by atoms with Crippen LogP contribution in [0.4, 0.5) is 0 Å². The van der Waals surface area contributed by atoms with Gasteiger partial charge in [0.1, 0.15) is 18.0 Å². The molecule has 2 aromatic rings. The molecule has 72 valence electrons. The fourth-order valence-corrected chi connectivity index (χ4v) is 2.05. The van der Waals surface area contributed by atoms with Gasteiger partial charge in [0.05, 0.1) is 4.88 Å². The molecule has 0 atom stereocenters. The summed E-state index contributed by atoms with van der Waals surface area (Å²) in [5.41, 5.74) is 1.51. The number of nitrogens with one attached hydrogen (secondary N) is 1. The number of nitrogens with zero attached hydrogens (tertiary/aromatic N) is 3. The average molecular weight is 214 g/mol. The first-order chi connectivity index (χ1) is 7.24. The first kappa shape index (κ1) is 9.45. The molecule has 0 aliphatic heterocycles. The summed E-state index contributed by atoms with van der Waals surface area (Å²) in [6.45, 7) is 1.99. The molecule has 1 N–H and O–H groups in total. The predicted octanol–water partition coefficient (Wildman–Crippen LogP) is 2.19. The van der Waals surface area contributed by atoms with Crippen molar-refractivity contribution in [1.29, 1.82) is 10.5 Å². The Kier molecular flexibility index (Phi) is 2.24. The number of rotatable bonds is 1. The minimum atomic E-state index is 0.151. The van der Waals surface area contributed by atoms with Crippen LogP contribution in [0.2, 0.25) is 0 Å². The molecule has 5 heteroatoms. The van der Waals surface area contributed by atoms with Gasteiger partial charge in [-0.1, -0.05) is 0 Å². The quantitative estimate of drug-likeness (QED) is 0.790. The molecule has 0 unspecified atom stereocenters. The van der Waals surface area contributed by atoms with Crippen LogP contribution in [0.3, 0.4) is 0 Å². The molecular formula is C10H6N4S. The maximum atomic E-state index is 8.75. The Balaban J connectivity index is 2.53. The van der Waals surface area contributed by atoms with Crippen LogP contribution >= 0.6 is 11.3 Å². The molecule has 0 spiro atoms. The molecule has 0 fully saturated rings. The second-order valence-electron chi connectivity index (χ2n) is 3.02. The van der Waals surface area contributed by atoms with E-state index in [4.69, 9.17) is 10.5 Å². The first-order valence-electron chi connectivity index (χ1n) is 4.20. The third kappa shape index (κ3) is 1.61. The summed E-state index contributed by atoms with van der Waals surface area (Å²) in [5, 5.41) is 19.5. The lowest BCUT2D eigenvalue weighted by molar-refractivity contribution is 1.30. The fraction of sp³-hybridized carbons (Fsp3) is 0.100. The second-order valence-corrected chi connectivity index (χ2v) is 3.93. The van der Waals surface area contributed by atoms with Crippen molar-refractivity contribution in [2.45, 2.75) is 6.92 Å². The molecule has 0 bridgehead atoms. The molecule has 0 aliphatic carbocycles. The average Bonchev–Trinajstić information content (AvgIpc) is 2.82. The van der Waals surface area contributed by atoms with E-state index in [2.05, 4.69) is 9.97 Å². The van der Waals surface area contributed by atoms with E-state index in [9.17, 15) is 0 Å². The van der Waals surface area contributed by atoms with Crippen LogP contribution in [-0.2, 0) is 0 Å². The van der Waals surface area contributed by atoms with Crippen LogP contribution in [0.15, 0.2) is 11.4 Å². The topological polar surface area (TPSA) is 76.3 Å². The molecule has 0 aliphatic rings. The fourth-order valence-electron chi connectivity index (χ4n) is 1.21. The molecule has 0 saturated heterocycles. The van der Waals surface area contributed by atoms with Crippen molar-refractivity contribution in [3.05, 3.63) is 28.4 Å². The Morgan fingerprint density at radius 3 is 2.67 bits per heavy atom. The highest BCUT2D eigenvalue weighted by Crippen LogP contribution is 2.25. The van der Waals surface area contributed by atoms with Gasteiger partial charge >= 0.3 is 0 Å². The predicted molar refractivity (Wildman–Crippen MR) is 56.1 cm³/mol. The van der Waals surface area contributed by atoms with Gasteiger partial charge in [-0.25, -0.2) is 4.98 Å². The zero-order valence-corrected chi connectivity index (χ0v) is 8.72. The van der Waals surface area contributed by atoms with Gasteiger partial charge in [-0.2, -0.15) is 10.5 Å². The van der Waals surface area contributed by atoms with Crippen molar-refractivity contribution in [2.24, 2.45) is 0 Å². The maximum absolute atomic E-state index is 8.75. The summed E-state index contributed by atoms with van der Waals surface area (Å²) in [5.74, 6) is 0.584. The number of nitriles is 2. The highest BCUT2D eigenvalue weighted by Gasteiger charge is 2.11. The van der Waals surface area contributed by atoms with Gasteiger partial charge in [0, 0.05) is 0 Å². The molecule has 0 saturated carbocycles. The van der Waals surface area contributed by atoms with Crippen molar-refractivity contribution in [2.75, 3.05) is 0 Å². The van der Waals surface area contributed by atoms with Crippen molar-refractivity contribution < 1.29 is 0 Å². The molecule has 15 heavy (non-hydrogen) atoms. The summed E-state index contributed by atoms with van der Waals surface area (Å²) in [4.78, 5) is 7.82. The number of hydrogen-bond donors (Lipinski definition) is 1. The van der Waals surface area contributed by atoms with Crippen LogP contribution < -0.4 is 0 Å². The van der Waals surface area contributed by atoms with Crippen molar-refractivity contribution in [3.8, 4) is 22.8 Å². The van der Waals surface area contributed by atoms with Crippen molar-refractivity contribution in [3.63, 3.8) is 0 Å². The highest BCUT2D eigenvalue weighted by molar-refractivity contribution is 7.13. The number of aromatic amines is 1. The molecule has 0 aromatic carbocycles. The summed E-state index contributed by atoms with van der Waals surface area (Å²) in [6.07, 6.45) is 0. The Labute approximate surface area is 90.4 Å². The van der Waals surface area contributed by atoms with Gasteiger partial charge in [0.15, 0.2) is 11.4 Å². The van der Waals surface area contributed by atoms with E-state index < -0.39 is 0 Å². The Bertz CT molecular complexity index is 548. The Morgan fingerprint density at radius 2 is 2.20 bits per heavy atom. The monoisotopic (exact) mass is 214 g/mol. The summed E-state index contributed by atoms with van der Waals surface area (Å²) >= 11 is 1.53. The number of H-pyrrole nitrogens is 1. The number of aromatic nitrogens is 2. The van der Waals surface area contributed by atoms with Gasteiger partial charge < -0.3 is 4.98 Å². The minimum Gasteiger partial charge on any atom is -0.328 e. The highest BCUT2D eigenvalue weighted by atomic mass is 32.1.